The van der Waals surface area contributed by atoms with Gasteiger partial charge in [0.1, 0.15) is 0 Å². The molecule has 0 heterocycles. The van der Waals surface area contributed by atoms with Crippen LogP contribution in [0.25, 0.3) is 0 Å². The van der Waals surface area contributed by atoms with Crippen molar-refractivity contribution in [1.29, 1.82) is 0 Å². The third-order valence-corrected chi connectivity index (χ3v) is 4.35. The summed E-state index contributed by atoms with van der Waals surface area (Å²) in [5.74, 6) is 0. The topological polar surface area (TPSA) is 66.4 Å². The van der Waals surface area contributed by atoms with Gasteiger partial charge in [0.25, 0.3) is 0 Å². The number of rotatable bonds is 14. The van der Waals surface area contributed by atoms with Crippen molar-refractivity contribution in [3.8, 4) is 0 Å². The first kappa shape index (κ1) is 28.3. The quantitative estimate of drug-likeness (QED) is 0.211. The van der Waals surface area contributed by atoms with Crippen LogP contribution in [-0.2, 0) is 14.6 Å². The van der Waals surface area contributed by atoms with Crippen LogP contribution in [0.1, 0.15) is 84.0 Å². The van der Waals surface area contributed by atoms with Gasteiger partial charge in [0.15, 0.2) is 0 Å². The van der Waals surface area contributed by atoms with Gasteiger partial charge in [0.05, 0.1) is 6.61 Å². The molecule has 0 N–H and O–H groups in total. The monoisotopic (exact) mass is 394 g/mol. The maximum absolute atomic E-state index is 10.2. The maximum Gasteiger partial charge on any atom is 1.00 e. The van der Waals surface area contributed by atoms with Gasteiger partial charge in [-0.05, 0) is 6.42 Å². The van der Waals surface area contributed by atoms with E-state index in [-0.39, 0.29) is 36.2 Å². The number of hydrogen-bond acceptors (Lipinski definition) is 4. The molecular weight excluding hydrogens is 359 g/mol. The Morgan fingerprint density at radius 1 is 0.654 bits per heavy atom. The molecule has 0 aliphatic heterocycles. The van der Waals surface area contributed by atoms with Crippen LogP contribution in [0, 0.1) is 0 Å². The summed E-state index contributed by atoms with van der Waals surface area (Å²) in [6.45, 7) is 2.26. The molecule has 4 nitrogen and oxygen atoms in total. The molecule has 1 aromatic carbocycles. The van der Waals surface area contributed by atoms with Crippen LogP contribution in [0.5, 0.6) is 0 Å². The van der Waals surface area contributed by atoms with Crippen molar-refractivity contribution in [3.05, 3.63) is 36.4 Å². The van der Waals surface area contributed by atoms with Crippen molar-refractivity contribution in [2.45, 2.75) is 84.0 Å². The Hall–Kier alpha value is 0.0900. The van der Waals surface area contributed by atoms with E-state index in [1.54, 1.807) is 0 Å². The molecule has 0 radical (unpaired) electrons. The zero-order chi connectivity index (χ0) is 18.6. The normalized spacial score (nSPS) is 10.5. The van der Waals surface area contributed by atoms with Crippen molar-refractivity contribution in [2.75, 3.05) is 6.61 Å². The van der Waals surface area contributed by atoms with E-state index in [1.807, 2.05) is 36.4 Å². The van der Waals surface area contributed by atoms with E-state index in [0.29, 0.717) is 6.42 Å². The fourth-order valence-electron chi connectivity index (χ4n) is 2.49. The number of benzene rings is 1. The van der Waals surface area contributed by atoms with Crippen LogP contribution in [0.2, 0.25) is 0 Å². The molecule has 6 heteroatoms. The first-order valence-corrected chi connectivity index (χ1v) is 11.0. The molecule has 0 saturated carbocycles. The second-order valence-corrected chi connectivity index (χ2v) is 7.33. The van der Waals surface area contributed by atoms with Gasteiger partial charge in [0.2, 0.25) is 10.4 Å². The zero-order valence-corrected chi connectivity index (χ0v) is 19.5. The van der Waals surface area contributed by atoms with Crippen LogP contribution in [-0.4, -0.2) is 19.6 Å². The Morgan fingerprint density at radius 2 is 0.962 bits per heavy atom. The molecule has 26 heavy (non-hydrogen) atoms. The van der Waals surface area contributed by atoms with Gasteiger partial charge in [-0.3, -0.25) is 4.18 Å². The Balaban J connectivity index is 0. The summed E-state index contributed by atoms with van der Waals surface area (Å²) >= 11 is 0. The second kappa shape index (κ2) is 21.4. The summed E-state index contributed by atoms with van der Waals surface area (Å²) in [6, 6.07) is 12.0. The molecule has 1 rings (SSSR count). The molecule has 0 aromatic heterocycles. The van der Waals surface area contributed by atoms with E-state index >= 15 is 0 Å². The molecule has 0 fully saturated rings. The summed E-state index contributed by atoms with van der Waals surface area (Å²) in [5, 5.41) is 0. The van der Waals surface area contributed by atoms with Gasteiger partial charge in [-0.2, -0.15) is 0 Å². The smallest absolute Gasteiger partial charge is 0.726 e. The Bertz CT molecular complexity index is 439. The van der Waals surface area contributed by atoms with E-state index in [4.69, 9.17) is 0 Å². The summed E-state index contributed by atoms with van der Waals surface area (Å²) in [7, 11) is -4.49. The predicted octanol–water partition coefficient (Wildman–Crippen LogP) is 2.85. The Kier molecular flexibility index (Phi) is 23.3. The van der Waals surface area contributed by atoms with Crippen LogP contribution in [0.3, 0.4) is 0 Å². The van der Waals surface area contributed by atoms with Gasteiger partial charge in [-0.15, -0.1) is 0 Å². The average molecular weight is 395 g/mol. The van der Waals surface area contributed by atoms with Gasteiger partial charge in [-0.1, -0.05) is 114 Å². The molecule has 1 aromatic rings. The summed E-state index contributed by atoms with van der Waals surface area (Å²) in [5.41, 5.74) is 0. The van der Waals surface area contributed by atoms with Crippen LogP contribution < -0.4 is 29.6 Å². The van der Waals surface area contributed by atoms with E-state index < -0.39 is 10.4 Å². The standard InChI is InChI=1S/C14H30O4S.C6H6.Na/c1-2-3-4-5-6-7-8-9-10-11-12-13-14-18-19(15,16)17;1-2-4-6-5-3-1;/h2-14H2,1H3,(H,15,16,17);1-6H;/q;;+1/p-1. The molecular formula is C20H35NaO4S. The van der Waals surface area contributed by atoms with Crippen LogP contribution >= 0.6 is 0 Å². The minimum atomic E-state index is -4.49. The maximum atomic E-state index is 10.2. The second-order valence-electron chi connectivity index (χ2n) is 6.27. The fourth-order valence-corrected chi connectivity index (χ4v) is 2.81. The average Bonchev–Trinajstić information content (AvgIpc) is 2.60. The minimum Gasteiger partial charge on any atom is -0.726 e. The van der Waals surface area contributed by atoms with E-state index in [1.165, 1.54) is 57.8 Å². The first-order chi connectivity index (χ1) is 12.1. The molecule has 0 saturated heterocycles. The third-order valence-electron chi connectivity index (χ3n) is 3.89. The van der Waals surface area contributed by atoms with Crippen molar-refractivity contribution in [3.63, 3.8) is 0 Å². The van der Waals surface area contributed by atoms with Crippen molar-refractivity contribution in [1.82, 2.24) is 0 Å². The van der Waals surface area contributed by atoms with Crippen molar-refractivity contribution in [2.24, 2.45) is 0 Å². The SMILES string of the molecule is CCCCCCCCCCCCCCOS(=O)(=O)[O-].[Na+].c1ccccc1. The molecule has 146 valence electrons. The first-order valence-electron chi connectivity index (χ1n) is 9.66. The summed E-state index contributed by atoms with van der Waals surface area (Å²) < 4.78 is 34.6. The Morgan fingerprint density at radius 3 is 1.27 bits per heavy atom. The molecule has 0 aliphatic rings. The minimum absolute atomic E-state index is 0. The van der Waals surface area contributed by atoms with E-state index in [9.17, 15) is 13.0 Å². The van der Waals surface area contributed by atoms with E-state index in [2.05, 4.69) is 11.1 Å². The van der Waals surface area contributed by atoms with Gasteiger partial charge in [0, 0.05) is 0 Å². The molecule has 0 amide bonds. The summed E-state index contributed by atoms with van der Waals surface area (Å²) in [4.78, 5) is 0. The predicted molar refractivity (Wildman–Crippen MR) is 103 cm³/mol. The fraction of sp³-hybridized carbons (Fsp3) is 0.700. The largest absolute Gasteiger partial charge is 1.00 e. The molecule has 0 spiro atoms. The summed E-state index contributed by atoms with van der Waals surface area (Å²) in [6.07, 6.45) is 14.5. The van der Waals surface area contributed by atoms with Gasteiger partial charge >= 0.3 is 29.6 Å². The van der Waals surface area contributed by atoms with Crippen molar-refractivity contribution >= 4 is 10.4 Å². The van der Waals surface area contributed by atoms with Crippen LogP contribution in [0.4, 0.5) is 0 Å². The third kappa shape index (κ3) is 26.3. The number of hydrogen-bond donors (Lipinski definition) is 0. The molecule has 0 atom stereocenters. The van der Waals surface area contributed by atoms with Gasteiger partial charge in [-0.25, -0.2) is 8.42 Å². The zero-order valence-electron chi connectivity index (χ0n) is 16.7. The Labute approximate surface area is 183 Å². The molecule has 0 bridgehead atoms. The van der Waals surface area contributed by atoms with E-state index in [0.717, 1.165) is 12.8 Å². The molecule has 0 aliphatic carbocycles. The van der Waals surface area contributed by atoms with Crippen LogP contribution in [0.15, 0.2) is 36.4 Å². The van der Waals surface area contributed by atoms with Gasteiger partial charge < -0.3 is 4.55 Å². The number of unbranched alkanes of at least 4 members (excludes halogenated alkanes) is 11. The van der Waals surface area contributed by atoms with Crippen molar-refractivity contribution < 1.29 is 46.7 Å². The molecule has 0 unspecified atom stereocenters.